The van der Waals surface area contributed by atoms with Crippen molar-refractivity contribution in [3.05, 3.63) is 41.8 Å². The molecule has 20 heavy (non-hydrogen) atoms. The number of nitrogens with zero attached hydrogens (tertiary/aromatic N) is 4. The van der Waals surface area contributed by atoms with E-state index in [9.17, 15) is 9.18 Å². The molecule has 0 spiro atoms. The van der Waals surface area contributed by atoms with Gasteiger partial charge in [0.15, 0.2) is 5.82 Å². The van der Waals surface area contributed by atoms with Gasteiger partial charge >= 0.3 is 6.03 Å². The van der Waals surface area contributed by atoms with Gasteiger partial charge in [0.25, 0.3) is 0 Å². The van der Waals surface area contributed by atoms with Gasteiger partial charge in [-0.2, -0.15) is 0 Å². The lowest BCUT2D eigenvalue weighted by Crippen LogP contribution is -2.47. The number of nitrogens with one attached hydrogen (secondary N) is 1. The third kappa shape index (κ3) is 2.34. The fraction of sp³-hybridized carbons (Fsp3) is 0.308. The van der Waals surface area contributed by atoms with Crippen LogP contribution >= 0.6 is 0 Å². The molecule has 2 amide bonds. The predicted octanol–water partition coefficient (Wildman–Crippen LogP) is 1.93. The van der Waals surface area contributed by atoms with Crippen LogP contribution in [0.5, 0.6) is 0 Å². The highest BCUT2D eigenvalue weighted by atomic mass is 19.1. The zero-order chi connectivity index (χ0) is 14.1. The third-order valence-corrected chi connectivity index (χ3v) is 3.37. The fourth-order valence-electron chi connectivity index (χ4n) is 2.25. The maximum Gasteiger partial charge on any atom is 0.323 e. The SMILES string of the molecule is Cn1cc(NC(=O)N2CCC2c2ccc(F)cc2)nn1. The second-order valence-corrected chi connectivity index (χ2v) is 4.76. The molecule has 6 nitrogen and oxygen atoms in total. The number of aryl methyl sites for hydroxylation is 1. The van der Waals surface area contributed by atoms with Crippen molar-refractivity contribution in [1.82, 2.24) is 19.9 Å². The number of rotatable bonds is 2. The molecule has 0 saturated carbocycles. The van der Waals surface area contributed by atoms with Crippen LogP contribution in [0.25, 0.3) is 0 Å². The molecule has 1 aliphatic rings. The van der Waals surface area contributed by atoms with Crippen molar-refractivity contribution >= 4 is 11.8 Å². The van der Waals surface area contributed by atoms with Gasteiger partial charge in [0.05, 0.1) is 12.2 Å². The van der Waals surface area contributed by atoms with Gasteiger partial charge in [-0.3, -0.25) is 10.00 Å². The molecule has 1 fully saturated rings. The monoisotopic (exact) mass is 275 g/mol. The first-order chi connectivity index (χ1) is 9.63. The molecule has 1 aromatic carbocycles. The number of carbonyl (C=O) groups is 1. The number of hydrogen-bond acceptors (Lipinski definition) is 3. The van der Waals surface area contributed by atoms with E-state index in [1.165, 1.54) is 16.8 Å². The Balaban J connectivity index is 1.68. The van der Waals surface area contributed by atoms with Gasteiger partial charge in [-0.1, -0.05) is 17.3 Å². The number of anilines is 1. The number of likely N-dealkylation sites (tertiary alicyclic amines) is 1. The maximum absolute atomic E-state index is 12.9. The molecule has 1 unspecified atom stereocenters. The second kappa shape index (κ2) is 4.92. The van der Waals surface area contributed by atoms with Crippen molar-refractivity contribution in [2.75, 3.05) is 11.9 Å². The smallest absolute Gasteiger partial charge is 0.317 e. The number of carbonyl (C=O) groups excluding carboxylic acids is 1. The Labute approximate surface area is 115 Å². The van der Waals surface area contributed by atoms with Crippen molar-refractivity contribution in [3.63, 3.8) is 0 Å². The first-order valence-electron chi connectivity index (χ1n) is 6.33. The van der Waals surface area contributed by atoms with Gasteiger partial charge in [0.1, 0.15) is 5.82 Å². The van der Waals surface area contributed by atoms with E-state index in [4.69, 9.17) is 0 Å². The van der Waals surface area contributed by atoms with Gasteiger partial charge in [0.2, 0.25) is 0 Å². The quantitative estimate of drug-likeness (QED) is 0.911. The Hall–Kier alpha value is -2.44. The first-order valence-corrected chi connectivity index (χ1v) is 6.33. The molecule has 104 valence electrons. The van der Waals surface area contributed by atoms with Crippen LogP contribution in [-0.2, 0) is 7.05 Å². The van der Waals surface area contributed by atoms with Gasteiger partial charge < -0.3 is 4.90 Å². The van der Waals surface area contributed by atoms with Crippen molar-refractivity contribution in [1.29, 1.82) is 0 Å². The highest BCUT2D eigenvalue weighted by Crippen LogP contribution is 2.33. The van der Waals surface area contributed by atoms with Crippen molar-refractivity contribution in [2.24, 2.45) is 7.05 Å². The number of hydrogen-bond donors (Lipinski definition) is 1. The molecule has 1 aliphatic heterocycles. The van der Waals surface area contributed by atoms with Crippen LogP contribution in [0, 0.1) is 5.82 Å². The summed E-state index contributed by atoms with van der Waals surface area (Å²) in [6.07, 6.45) is 2.50. The summed E-state index contributed by atoms with van der Waals surface area (Å²) < 4.78 is 14.4. The van der Waals surface area contributed by atoms with Gasteiger partial charge in [-0.15, -0.1) is 5.10 Å². The fourth-order valence-corrected chi connectivity index (χ4v) is 2.25. The summed E-state index contributed by atoms with van der Waals surface area (Å²) in [5.74, 6) is 0.144. The standard InChI is InChI=1S/C13H14FN5O/c1-18-8-12(16-17-18)15-13(20)19-7-6-11(19)9-2-4-10(14)5-3-9/h2-5,8,11H,6-7H2,1H3,(H,15,20). The Morgan fingerprint density at radius 2 is 2.15 bits per heavy atom. The maximum atomic E-state index is 12.9. The van der Waals surface area contributed by atoms with E-state index < -0.39 is 0 Å². The molecular weight excluding hydrogens is 261 g/mol. The van der Waals surface area contributed by atoms with Crippen molar-refractivity contribution < 1.29 is 9.18 Å². The Kier molecular flexibility index (Phi) is 3.09. The minimum absolute atomic E-state index is 0.00716. The Morgan fingerprint density at radius 1 is 1.40 bits per heavy atom. The van der Waals surface area contributed by atoms with Crippen LogP contribution in [0.15, 0.2) is 30.5 Å². The zero-order valence-electron chi connectivity index (χ0n) is 11.0. The van der Waals surface area contributed by atoms with E-state index in [1.54, 1.807) is 30.3 Å². The Morgan fingerprint density at radius 3 is 2.70 bits per heavy atom. The molecule has 1 atom stereocenters. The summed E-state index contributed by atoms with van der Waals surface area (Å²) in [7, 11) is 1.73. The average molecular weight is 275 g/mol. The van der Waals surface area contributed by atoms with Crippen molar-refractivity contribution in [3.8, 4) is 0 Å². The largest absolute Gasteiger partial charge is 0.323 e. The molecule has 7 heteroatoms. The van der Waals surface area contributed by atoms with E-state index in [0.29, 0.717) is 12.4 Å². The summed E-state index contributed by atoms with van der Waals surface area (Å²) in [6.45, 7) is 0.675. The molecule has 1 N–H and O–H groups in total. The van der Waals surface area contributed by atoms with Crippen LogP contribution in [0.3, 0.4) is 0 Å². The van der Waals surface area contributed by atoms with Gasteiger partial charge in [-0.05, 0) is 24.1 Å². The van der Waals surface area contributed by atoms with E-state index in [2.05, 4.69) is 15.6 Å². The van der Waals surface area contributed by atoms with Gasteiger partial charge in [0, 0.05) is 13.6 Å². The normalized spacial score (nSPS) is 17.7. The Bertz CT molecular complexity index is 624. The number of aromatic nitrogens is 3. The van der Waals surface area contributed by atoms with E-state index in [-0.39, 0.29) is 17.9 Å². The van der Waals surface area contributed by atoms with Crippen LogP contribution in [-0.4, -0.2) is 32.5 Å². The van der Waals surface area contributed by atoms with Crippen LogP contribution in [0.4, 0.5) is 15.0 Å². The molecule has 2 aromatic rings. The molecule has 0 bridgehead atoms. The summed E-state index contributed by atoms with van der Waals surface area (Å²) in [5.41, 5.74) is 0.937. The molecule has 1 saturated heterocycles. The number of urea groups is 1. The lowest BCUT2D eigenvalue weighted by atomic mass is 9.95. The molecular formula is C13H14FN5O. The molecule has 0 aliphatic carbocycles. The highest BCUT2D eigenvalue weighted by Gasteiger charge is 2.33. The highest BCUT2D eigenvalue weighted by molar-refractivity contribution is 5.89. The van der Waals surface area contributed by atoms with Crippen LogP contribution in [0.1, 0.15) is 18.0 Å². The van der Waals surface area contributed by atoms with E-state index in [0.717, 1.165) is 12.0 Å². The average Bonchev–Trinajstić information content (AvgIpc) is 2.76. The lowest BCUT2D eigenvalue weighted by molar-refractivity contribution is 0.126. The van der Waals surface area contributed by atoms with Crippen molar-refractivity contribution in [2.45, 2.75) is 12.5 Å². The predicted molar refractivity (Wildman–Crippen MR) is 70.5 cm³/mol. The number of amides is 2. The molecule has 2 heterocycles. The third-order valence-electron chi connectivity index (χ3n) is 3.37. The first kappa shape index (κ1) is 12.6. The summed E-state index contributed by atoms with van der Waals surface area (Å²) in [4.78, 5) is 13.8. The van der Waals surface area contributed by atoms with E-state index in [1.807, 2.05) is 0 Å². The number of halogens is 1. The molecule has 1 aromatic heterocycles. The van der Waals surface area contributed by atoms with Gasteiger partial charge in [-0.25, -0.2) is 9.18 Å². The summed E-state index contributed by atoms with van der Waals surface area (Å²) >= 11 is 0. The summed E-state index contributed by atoms with van der Waals surface area (Å²) in [5, 5.41) is 10.3. The zero-order valence-corrected chi connectivity index (χ0v) is 11.0. The molecule has 0 radical (unpaired) electrons. The van der Waals surface area contributed by atoms with Crippen LogP contribution < -0.4 is 5.32 Å². The minimum atomic E-state index is -0.274. The lowest BCUT2D eigenvalue weighted by Gasteiger charge is -2.40. The molecule has 3 rings (SSSR count). The summed E-state index contributed by atoms with van der Waals surface area (Å²) in [6, 6.07) is 6.01. The minimum Gasteiger partial charge on any atom is -0.317 e. The van der Waals surface area contributed by atoms with Crippen LogP contribution in [0.2, 0.25) is 0 Å². The second-order valence-electron chi connectivity index (χ2n) is 4.76. The van der Waals surface area contributed by atoms with E-state index >= 15 is 0 Å². The number of benzene rings is 1. The topological polar surface area (TPSA) is 63.1 Å².